The molecule has 0 aliphatic rings. The van der Waals surface area contributed by atoms with E-state index in [-0.39, 0.29) is 0 Å². The van der Waals surface area contributed by atoms with Gasteiger partial charge in [0.2, 0.25) is 0 Å². The predicted octanol–water partition coefficient (Wildman–Crippen LogP) is 2.36. The third kappa shape index (κ3) is 0.916. The van der Waals surface area contributed by atoms with Crippen molar-refractivity contribution in [2.45, 2.75) is 20.4 Å². The molecule has 2 nitrogen and oxygen atoms in total. The molecule has 0 bridgehead atoms. The van der Waals surface area contributed by atoms with Crippen LogP contribution in [-0.4, -0.2) is 9.55 Å². The van der Waals surface area contributed by atoms with Gasteiger partial charge in [0.15, 0.2) is 0 Å². The quantitative estimate of drug-likeness (QED) is 0.626. The van der Waals surface area contributed by atoms with Crippen LogP contribution in [0, 0.1) is 6.92 Å². The van der Waals surface area contributed by atoms with Gasteiger partial charge in [0.05, 0.1) is 11.0 Å². The molecular formula is C10H12N2. The van der Waals surface area contributed by atoms with Crippen LogP contribution in [0.15, 0.2) is 24.3 Å². The molecule has 2 rings (SSSR count). The first-order valence-corrected chi connectivity index (χ1v) is 4.25. The lowest BCUT2D eigenvalue weighted by atomic mass is 10.3. The molecule has 1 heterocycles. The van der Waals surface area contributed by atoms with Gasteiger partial charge >= 0.3 is 0 Å². The van der Waals surface area contributed by atoms with Gasteiger partial charge in [-0.05, 0) is 26.0 Å². The first kappa shape index (κ1) is 7.35. The van der Waals surface area contributed by atoms with Crippen molar-refractivity contribution < 1.29 is 0 Å². The molecular weight excluding hydrogens is 148 g/mol. The number of nitrogens with zero attached hydrogens (tertiary/aromatic N) is 2. The lowest BCUT2D eigenvalue weighted by Crippen LogP contribution is -1.95. The van der Waals surface area contributed by atoms with Crippen LogP contribution in [0.25, 0.3) is 11.0 Å². The molecule has 0 radical (unpaired) electrons. The van der Waals surface area contributed by atoms with E-state index in [9.17, 15) is 0 Å². The summed E-state index contributed by atoms with van der Waals surface area (Å²) in [5.74, 6) is 1.10. The zero-order valence-electron chi connectivity index (χ0n) is 7.41. The third-order valence-electron chi connectivity index (χ3n) is 2.16. The standard InChI is InChI=1S/C10H12N2/c1-3-12-8(2)11-9-6-4-5-7-10(9)12/h4-7H,3H2,1-2H3. The molecule has 0 aliphatic carbocycles. The third-order valence-corrected chi connectivity index (χ3v) is 2.16. The summed E-state index contributed by atoms with van der Waals surface area (Å²) in [7, 11) is 0. The van der Waals surface area contributed by atoms with E-state index in [1.54, 1.807) is 0 Å². The molecule has 2 heteroatoms. The van der Waals surface area contributed by atoms with Crippen molar-refractivity contribution in [2.24, 2.45) is 0 Å². The van der Waals surface area contributed by atoms with Crippen molar-refractivity contribution in [1.82, 2.24) is 9.55 Å². The van der Waals surface area contributed by atoms with Crippen molar-refractivity contribution in [1.29, 1.82) is 0 Å². The number of imidazole rings is 1. The second-order valence-corrected chi connectivity index (χ2v) is 2.89. The Bertz CT molecular complexity index is 401. The highest BCUT2D eigenvalue weighted by molar-refractivity contribution is 5.75. The van der Waals surface area contributed by atoms with E-state index < -0.39 is 0 Å². The van der Waals surface area contributed by atoms with Crippen molar-refractivity contribution in [3.05, 3.63) is 30.1 Å². The van der Waals surface area contributed by atoms with Crippen LogP contribution >= 0.6 is 0 Å². The van der Waals surface area contributed by atoms with Gasteiger partial charge in [0, 0.05) is 6.54 Å². The number of rotatable bonds is 1. The Morgan fingerprint density at radius 1 is 1.33 bits per heavy atom. The highest BCUT2D eigenvalue weighted by Crippen LogP contribution is 2.14. The maximum Gasteiger partial charge on any atom is 0.106 e. The number of benzene rings is 1. The number of aryl methyl sites for hydroxylation is 2. The summed E-state index contributed by atoms with van der Waals surface area (Å²) in [5.41, 5.74) is 2.33. The first-order chi connectivity index (χ1) is 5.83. The Balaban J connectivity index is 2.81. The van der Waals surface area contributed by atoms with Crippen LogP contribution in [0.4, 0.5) is 0 Å². The van der Waals surface area contributed by atoms with Crippen LogP contribution in [0.2, 0.25) is 0 Å². The molecule has 0 fully saturated rings. The van der Waals surface area contributed by atoms with Crippen LogP contribution < -0.4 is 0 Å². The summed E-state index contributed by atoms with van der Waals surface area (Å²) in [4.78, 5) is 4.45. The summed E-state index contributed by atoms with van der Waals surface area (Å²) >= 11 is 0. The Kier molecular flexibility index (Phi) is 1.61. The molecule has 0 saturated carbocycles. The highest BCUT2D eigenvalue weighted by atomic mass is 15.1. The number of aromatic nitrogens is 2. The predicted molar refractivity (Wildman–Crippen MR) is 50.1 cm³/mol. The summed E-state index contributed by atoms with van der Waals surface area (Å²) in [6.07, 6.45) is 0. The van der Waals surface area contributed by atoms with Crippen LogP contribution in [-0.2, 0) is 6.54 Å². The molecule has 0 saturated heterocycles. The van der Waals surface area contributed by atoms with E-state index in [2.05, 4.69) is 34.7 Å². The van der Waals surface area contributed by atoms with E-state index >= 15 is 0 Å². The maximum atomic E-state index is 4.45. The molecule has 0 unspecified atom stereocenters. The minimum absolute atomic E-state index is 0.992. The first-order valence-electron chi connectivity index (χ1n) is 4.25. The topological polar surface area (TPSA) is 17.8 Å². The number of para-hydroxylation sites is 2. The minimum atomic E-state index is 0.992. The van der Waals surface area contributed by atoms with Crippen molar-refractivity contribution in [2.75, 3.05) is 0 Å². The number of fused-ring (bicyclic) bond motifs is 1. The van der Waals surface area contributed by atoms with Crippen molar-refractivity contribution in [3.8, 4) is 0 Å². The van der Waals surface area contributed by atoms with Crippen LogP contribution in [0.3, 0.4) is 0 Å². The fourth-order valence-corrected chi connectivity index (χ4v) is 1.60. The fourth-order valence-electron chi connectivity index (χ4n) is 1.60. The number of hydrogen-bond donors (Lipinski definition) is 0. The van der Waals surface area contributed by atoms with Crippen LogP contribution in [0.1, 0.15) is 12.7 Å². The van der Waals surface area contributed by atoms with Gasteiger partial charge in [-0.25, -0.2) is 4.98 Å². The Morgan fingerprint density at radius 2 is 2.08 bits per heavy atom. The van der Waals surface area contributed by atoms with Gasteiger partial charge in [-0.2, -0.15) is 0 Å². The zero-order valence-corrected chi connectivity index (χ0v) is 7.41. The Labute approximate surface area is 71.8 Å². The molecule has 0 amide bonds. The van der Waals surface area contributed by atoms with Crippen LogP contribution in [0.5, 0.6) is 0 Å². The van der Waals surface area contributed by atoms with E-state index in [0.717, 1.165) is 17.9 Å². The van der Waals surface area contributed by atoms with Gasteiger partial charge in [0.1, 0.15) is 5.82 Å². The summed E-state index contributed by atoms with van der Waals surface area (Å²) in [6, 6.07) is 8.23. The van der Waals surface area contributed by atoms with Gasteiger partial charge in [-0.1, -0.05) is 12.1 Å². The Morgan fingerprint density at radius 3 is 2.83 bits per heavy atom. The smallest absolute Gasteiger partial charge is 0.106 e. The molecule has 0 N–H and O–H groups in total. The minimum Gasteiger partial charge on any atom is -0.329 e. The summed E-state index contributed by atoms with van der Waals surface area (Å²) in [6.45, 7) is 5.18. The van der Waals surface area contributed by atoms with Gasteiger partial charge in [0.25, 0.3) is 0 Å². The number of hydrogen-bond acceptors (Lipinski definition) is 1. The highest BCUT2D eigenvalue weighted by Gasteiger charge is 2.02. The van der Waals surface area contributed by atoms with Gasteiger partial charge in [-0.15, -0.1) is 0 Å². The lowest BCUT2D eigenvalue weighted by molar-refractivity contribution is 0.753. The molecule has 1 aromatic heterocycles. The molecule has 0 spiro atoms. The SMILES string of the molecule is CCn1c(C)nc2ccccc21. The average molecular weight is 160 g/mol. The zero-order chi connectivity index (χ0) is 8.55. The second kappa shape index (κ2) is 2.63. The van der Waals surface area contributed by atoms with E-state index in [1.807, 2.05) is 13.0 Å². The normalized spacial score (nSPS) is 10.8. The van der Waals surface area contributed by atoms with Crippen molar-refractivity contribution >= 4 is 11.0 Å². The van der Waals surface area contributed by atoms with E-state index in [1.165, 1.54) is 5.52 Å². The van der Waals surface area contributed by atoms with E-state index in [0.29, 0.717) is 0 Å². The van der Waals surface area contributed by atoms with Crippen molar-refractivity contribution in [3.63, 3.8) is 0 Å². The average Bonchev–Trinajstić information content (AvgIpc) is 2.40. The molecule has 1 aromatic carbocycles. The molecule has 0 atom stereocenters. The molecule has 0 aliphatic heterocycles. The Hall–Kier alpha value is -1.31. The largest absolute Gasteiger partial charge is 0.329 e. The summed E-state index contributed by atoms with van der Waals surface area (Å²) in [5, 5.41) is 0. The summed E-state index contributed by atoms with van der Waals surface area (Å²) < 4.78 is 2.22. The van der Waals surface area contributed by atoms with Gasteiger partial charge in [-0.3, -0.25) is 0 Å². The molecule has 2 aromatic rings. The molecule has 62 valence electrons. The lowest BCUT2D eigenvalue weighted by Gasteiger charge is -2.00. The van der Waals surface area contributed by atoms with Gasteiger partial charge < -0.3 is 4.57 Å². The fraction of sp³-hybridized carbons (Fsp3) is 0.300. The monoisotopic (exact) mass is 160 g/mol. The molecule has 12 heavy (non-hydrogen) atoms. The second-order valence-electron chi connectivity index (χ2n) is 2.89. The van der Waals surface area contributed by atoms with E-state index in [4.69, 9.17) is 0 Å². The maximum absolute atomic E-state index is 4.45.